The Hall–Kier alpha value is -2.99. The number of hydrogen-bond donors (Lipinski definition) is 0. The van der Waals surface area contributed by atoms with Crippen molar-refractivity contribution in [3.63, 3.8) is 0 Å². The molecule has 0 aliphatic heterocycles. The van der Waals surface area contributed by atoms with Crippen molar-refractivity contribution >= 4 is 28.8 Å². The lowest BCUT2D eigenvalue weighted by molar-refractivity contribution is -0.107. The van der Waals surface area contributed by atoms with Gasteiger partial charge in [0.05, 0.1) is 5.25 Å². The van der Waals surface area contributed by atoms with Crippen molar-refractivity contribution in [2.45, 2.75) is 10.4 Å². The van der Waals surface area contributed by atoms with Gasteiger partial charge in [-0.05, 0) is 34.5 Å². The van der Waals surface area contributed by atoms with Crippen molar-refractivity contribution in [2.75, 3.05) is 0 Å². The van der Waals surface area contributed by atoms with Crippen molar-refractivity contribution < 1.29 is 4.79 Å². The lowest BCUT2D eigenvalue weighted by Gasteiger charge is -2.11. The fraction of sp³-hybridized carbons (Fsp3) is 0.100. The Morgan fingerprint density at radius 3 is 2.54 bits per heavy atom. The molecule has 1 unspecified atom stereocenters. The Bertz CT molecular complexity index is 1060. The van der Waals surface area contributed by atoms with Gasteiger partial charge in [0.2, 0.25) is 0 Å². The first kappa shape index (κ1) is 16.5. The molecule has 5 nitrogen and oxygen atoms in total. The van der Waals surface area contributed by atoms with Gasteiger partial charge in [0.15, 0.2) is 11.0 Å². The summed E-state index contributed by atoms with van der Waals surface area (Å²) < 4.78 is 1.90. The van der Waals surface area contributed by atoms with Gasteiger partial charge in [-0.2, -0.15) is 0 Å². The van der Waals surface area contributed by atoms with Crippen LogP contribution in [0.5, 0.6) is 0 Å². The number of carbonyl (C=O) groups is 1. The molecule has 0 saturated carbocycles. The van der Waals surface area contributed by atoms with E-state index in [9.17, 15) is 4.79 Å². The maximum atomic E-state index is 11.7. The van der Waals surface area contributed by atoms with Gasteiger partial charge < -0.3 is 9.36 Å². The Kier molecular flexibility index (Phi) is 4.50. The number of fused-ring (bicyclic) bond motifs is 1. The van der Waals surface area contributed by atoms with Crippen LogP contribution in [0.15, 0.2) is 72.1 Å². The van der Waals surface area contributed by atoms with Gasteiger partial charge in [0.25, 0.3) is 0 Å². The van der Waals surface area contributed by atoms with E-state index >= 15 is 0 Å². The van der Waals surface area contributed by atoms with Gasteiger partial charge in [-0.3, -0.25) is 4.98 Å². The minimum Gasteiger partial charge on any atom is -0.305 e. The van der Waals surface area contributed by atoms with Gasteiger partial charge in [-0.1, -0.05) is 48.2 Å². The first-order valence-corrected chi connectivity index (χ1v) is 9.04. The standard InChI is InChI=1S/C20H16N4OS/c1-24-19(15-8-10-21-11-9-15)22-23-20(24)26-18(13-25)17-7-6-14-4-2-3-5-16(14)12-17/h2-13,18H,1H3. The van der Waals surface area contributed by atoms with Gasteiger partial charge in [0.1, 0.15) is 6.29 Å². The Morgan fingerprint density at radius 2 is 1.77 bits per heavy atom. The molecule has 0 aliphatic carbocycles. The molecule has 0 saturated heterocycles. The molecule has 2 aromatic heterocycles. The molecule has 2 heterocycles. The predicted molar refractivity (Wildman–Crippen MR) is 103 cm³/mol. The normalized spacial score (nSPS) is 12.2. The van der Waals surface area contributed by atoms with Crippen molar-refractivity contribution in [2.24, 2.45) is 7.05 Å². The Balaban J connectivity index is 1.64. The van der Waals surface area contributed by atoms with Crippen LogP contribution < -0.4 is 0 Å². The van der Waals surface area contributed by atoms with E-state index in [1.807, 2.05) is 48.0 Å². The molecule has 0 radical (unpaired) electrons. The zero-order chi connectivity index (χ0) is 17.9. The molecule has 2 aromatic carbocycles. The molecule has 26 heavy (non-hydrogen) atoms. The topological polar surface area (TPSA) is 60.7 Å². The van der Waals surface area contributed by atoms with E-state index in [4.69, 9.17) is 0 Å². The quantitative estimate of drug-likeness (QED) is 0.397. The third kappa shape index (κ3) is 3.11. The molecule has 4 rings (SSSR count). The molecule has 0 aliphatic rings. The van der Waals surface area contributed by atoms with E-state index in [-0.39, 0.29) is 5.25 Å². The molecular weight excluding hydrogens is 344 g/mol. The van der Waals surface area contributed by atoms with Crippen molar-refractivity contribution in [1.82, 2.24) is 19.7 Å². The Morgan fingerprint density at radius 1 is 1.00 bits per heavy atom. The summed E-state index contributed by atoms with van der Waals surface area (Å²) >= 11 is 1.40. The molecule has 1 atom stereocenters. The minimum atomic E-state index is -0.340. The van der Waals surface area contributed by atoms with E-state index in [2.05, 4.69) is 33.4 Å². The number of benzene rings is 2. The predicted octanol–water partition coefficient (Wildman–Crippen LogP) is 4.06. The summed E-state index contributed by atoms with van der Waals surface area (Å²) in [4.78, 5) is 15.8. The summed E-state index contributed by atoms with van der Waals surface area (Å²) in [5.41, 5.74) is 1.90. The minimum absolute atomic E-state index is 0.340. The highest BCUT2D eigenvalue weighted by Gasteiger charge is 2.18. The fourth-order valence-electron chi connectivity index (χ4n) is 2.84. The second-order valence-electron chi connectivity index (χ2n) is 5.88. The van der Waals surface area contributed by atoms with Crippen LogP contribution in [0.2, 0.25) is 0 Å². The molecule has 128 valence electrons. The van der Waals surface area contributed by atoms with Crippen LogP contribution in [0, 0.1) is 0 Å². The van der Waals surface area contributed by atoms with Gasteiger partial charge >= 0.3 is 0 Å². The third-order valence-electron chi connectivity index (χ3n) is 4.23. The third-order valence-corrected chi connectivity index (χ3v) is 5.43. The first-order valence-electron chi connectivity index (χ1n) is 8.16. The number of rotatable bonds is 5. The van der Waals surface area contributed by atoms with Crippen molar-refractivity contribution in [3.05, 3.63) is 72.6 Å². The number of aldehydes is 1. The zero-order valence-electron chi connectivity index (χ0n) is 14.1. The SMILES string of the molecule is Cn1c(SC(C=O)c2ccc3ccccc3c2)nnc1-c1ccncc1. The van der Waals surface area contributed by atoms with E-state index in [0.717, 1.165) is 34.0 Å². The van der Waals surface area contributed by atoms with E-state index in [0.29, 0.717) is 5.16 Å². The summed E-state index contributed by atoms with van der Waals surface area (Å²) in [5.74, 6) is 0.748. The van der Waals surface area contributed by atoms with Crippen LogP contribution in [0.3, 0.4) is 0 Å². The van der Waals surface area contributed by atoms with Crippen LogP contribution in [0.4, 0.5) is 0 Å². The molecule has 0 bridgehead atoms. The second kappa shape index (κ2) is 7.09. The van der Waals surface area contributed by atoms with Gasteiger partial charge in [-0.25, -0.2) is 0 Å². The highest BCUT2D eigenvalue weighted by atomic mass is 32.2. The van der Waals surface area contributed by atoms with Crippen LogP contribution in [-0.2, 0) is 11.8 Å². The molecule has 0 spiro atoms. The lowest BCUT2D eigenvalue weighted by Crippen LogP contribution is -2.00. The van der Waals surface area contributed by atoms with E-state index < -0.39 is 0 Å². The average molecular weight is 360 g/mol. The van der Waals surface area contributed by atoms with Crippen LogP contribution in [0.25, 0.3) is 22.2 Å². The number of nitrogens with zero attached hydrogens (tertiary/aromatic N) is 4. The largest absolute Gasteiger partial charge is 0.305 e. The highest BCUT2D eigenvalue weighted by molar-refractivity contribution is 8.00. The Labute approximate surface area is 155 Å². The number of carbonyl (C=O) groups excluding carboxylic acids is 1. The number of thioether (sulfide) groups is 1. The molecular formula is C20H16N4OS. The fourth-order valence-corrected chi connectivity index (χ4v) is 3.74. The van der Waals surface area contributed by atoms with Crippen LogP contribution >= 0.6 is 11.8 Å². The maximum Gasteiger partial charge on any atom is 0.192 e. The molecule has 0 fully saturated rings. The number of pyridine rings is 1. The molecule has 6 heteroatoms. The van der Waals surface area contributed by atoms with Gasteiger partial charge in [0, 0.05) is 25.0 Å². The summed E-state index contributed by atoms with van der Waals surface area (Å²) in [6.45, 7) is 0. The highest BCUT2D eigenvalue weighted by Crippen LogP contribution is 2.35. The number of aromatic nitrogens is 4. The smallest absolute Gasteiger partial charge is 0.192 e. The maximum absolute atomic E-state index is 11.7. The summed E-state index contributed by atoms with van der Waals surface area (Å²) in [7, 11) is 1.90. The van der Waals surface area contributed by atoms with Gasteiger partial charge in [-0.15, -0.1) is 10.2 Å². The van der Waals surface area contributed by atoms with Crippen molar-refractivity contribution in [3.8, 4) is 11.4 Å². The van der Waals surface area contributed by atoms with Crippen LogP contribution in [0.1, 0.15) is 10.8 Å². The monoisotopic (exact) mass is 360 g/mol. The zero-order valence-corrected chi connectivity index (χ0v) is 14.9. The summed E-state index contributed by atoms with van der Waals surface area (Å²) in [6.07, 6.45) is 4.40. The summed E-state index contributed by atoms with van der Waals surface area (Å²) in [6, 6.07) is 18.0. The molecule has 0 amide bonds. The molecule has 0 N–H and O–H groups in total. The van der Waals surface area contributed by atoms with Crippen molar-refractivity contribution in [1.29, 1.82) is 0 Å². The summed E-state index contributed by atoms with van der Waals surface area (Å²) in [5, 5.41) is 11.2. The van der Waals surface area contributed by atoms with E-state index in [1.54, 1.807) is 12.4 Å². The second-order valence-corrected chi connectivity index (χ2v) is 6.99. The average Bonchev–Trinajstić information content (AvgIpc) is 3.06. The van der Waals surface area contributed by atoms with E-state index in [1.165, 1.54) is 11.8 Å². The van der Waals surface area contributed by atoms with Crippen LogP contribution in [-0.4, -0.2) is 26.0 Å². The molecule has 4 aromatic rings. The first-order chi connectivity index (χ1) is 12.8. The lowest BCUT2D eigenvalue weighted by atomic mass is 10.1. The number of hydrogen-bond acceptors (Lipinski definition) is 5.